The molecule has 1 N–H and O–H groups in total. The van der Waals surface area contributed by atoms with E-state index in [-0.39, 0.29) is 5.82 Å². The van der Waals surface area contributed by atoms with Crippen molar-refractivity contribution < 1.29 is 9.13 Å². The maximum Gasteiger partial charge on any atom is 0.126 e. The van der Waals surface area contributed by atoms with Gasteiger partial charge in [0.1, 0.15) is 18.2 Å². The fourth-order valence-corrected chi connectivity index (χ4v) is 1.61. The van der Waals surface area contributed by atoms with E-state index < -0.39 is 0 Å². The highest BCUT2D eigenvalue weighted by Gasteiger charge is 2.00. The Hall–Kier alpha value is -1.13. The van der Waals surface area contributed by atoms with Gasteiger partial charge in [0, 0.05) is 12.6 Å². The van der Waals surface area contributed by atoms with E-state index in [2.05, 4.69) is 24.3 Å². The smallest absolute Gasteiger partial charge is 0.126 e. The van der Waals surface area contributed by atoms with Gasteiger partial charge < -0.3 is 15.0 Å². The quantitative estimate of drug-likeness (QED) is 0.719. The summed E-state index contributed by atoms with van der Waals surface area (Å²) in [5.74, 6) is 0.375. The number of nitrogens with zero attached hydrogens (tertiary/aromatic N) is 1. The van der Waals surface area contributed by atoms with Crippen LogP contribution in [0.25, 0.3) is 0 Å². The Labute approximate surface area is 109 Å². The van der Waals surface area contributed by atoms with E-state index in [1.165, 1.54) is 12.1 Å². The average molecular weight is 254 g/mol. The van der Waals surface area contributed by atoms with Gasteiger partial charge in [0.25, 0.3) is 0 Å². The third-order valence-electron chi connectivity index (χ3n) is 2.65. The second-order valence-corrected chi connectivity index (χ2v) is 4.67. The lowest BCUT2D eigenvalue weighted by Crippen LogP contribution is -2.25. The normalized spacial score (nSPS) is 10.9. The minimum atomic E-state index is -0.255. The predicted molar refractivity (Wildman–Crippen MR) is 72.7 cm³/mol. The summed E-state index contributed by atoms with van der Waals surface area (Å²) in [5.41, 5.74) is 0.962. The van der Waals surface area contributed by atoms with Gasteiger partial charge in [0.15, 0.2) is 0 Å². The van der Waals surface area contributed by atoms with E-state index in [1.807, 2.05) is 6.92 Å². The summed E-state index contributed by atoms with van der Waals surface area (Å²) in [5, 5.41) is 3.30. The van der Waals surface area contributed by atoms with Gasteiger partial charge in [-0.05, 0) is 52.2 Å². The summed E-state index contributed by atoms with van der Waals surface area (Å²) in [6.45, 7) is 5.31. The third kappa shape index (κ3) is 5.98. The number of ether oxygens (including phenoxy) is 1. The minimum absolute atomic E-state index is 0.255. The summed E-state index contributed by atoms with van der Waals surface area (Å²) in [6.07, 6.45) is 1.12. The molecular weight excluding hydrogens is 231 g/mol. The molecule has 0 saturated heterocycles. The van der Waals surface area contributed by atoms with Gasteiger partial charge in [-0.15, -0.1) is 0 Å². The minimum Gasteiger partial charge on any atom is -0.492 e. The van der Waals surface area contributed by atoms with Crippen molar-refractivity contribution in [3.05, 3.63) is 29.6 Å². The molecule has 0 bridgehead atoms. The number of nitrogens with one attached hydrogen (secondary N) is 1. The number of benzene rings is 1. The third-order valence-corrected chi connectivity index (χ3v) is 2.65. The number of halogens is 1. The summed E-state index contributed by atoms with van der Waals surface area (Å²) in [7, 11) is 4.13. The van der Waals surface area contributed by atoms with Crippen molar-refractivity contribution in [3.63, 3.8) is 0 Å². The first-order valence-electron chi connectivity index (χ1n) is 6.34. The van der Waals surface area contributed by atoms with E-state index in [0.29, 0.717) is 12.4 Å². The van der Waals surface area contributed by atoms with Crippen LogP contribution < -0.4 is 10.1 Å². The van der Waals surface area contributed by atoms with Crippen LogP contribution in [0.2, 0.25) is 0 Å². The zero-order chi connectivity index (χ0) is 13.4. The highest BCUT2D eigenvalue weighted by atomic mass is 19.1. The van der Waals surface area contributed by atoms with Crippen LogP contribution in [-0.2, 0) is 0 Å². The zero-order valence-corrected chi connectivity index (χ0v) is 11.5. The molecule has 0 fully saturated rings. The van der Waals surface area contributed by atoms with Crippen molar-refractivity contribution >= 4 is 0 Å². The van der Waals surface area contributed by atoms with Crippen molar-refractivity contribution in [1.29, 1.82) is 0 Å². The first-order chi connectivity index (χ1) is 8.59. The largest absolute Gasteiger partial charge is 0.492 e. The number of rotatable bonds is 8. The molecule has 1 aromatic carbocycles. The van der Waals surface area contributed by atoms with Crippen LogP contribution in [0.3, 0.4) is 0 Å². The summed E-state index contributed by atoms with van der Waals surface area (Å²) < 4.78 is 18.5. The molecule has 0 amide bonds. The standard InChI is InChI=1S/C14H23FN2O/c1-12-5-6-13(15)11-14(12)18-10-8-16-7-4-9-17(2)3/h5-6,11,16H,4,7-10H2,1-3H3. The molecule has 1 aromatic rings. The SMILES string of the molecule is Cc1ccc(F)cc1OCCNCCCN(C)C. The topological polar surface area (TPSA) is 24.5 Å². The summed E-state index contributed by atoms with van der Waals surface area (Å²) in [6, 6.07) is 4.61. The van der Waals surface area contributed by atoms with E-state index >= 15 is 0 Å². The van der Waals surface area contributed by atoms with Gasteiger partial charge in [-0.1, -0.05) is 6.07 Å². The van der Waals surface area contributed by atoms with Crippen LogP contribution in [0.15, 0.2) is 18.2 Å². The Morgan fingerprint density at radius 2 is 2.06 bits per heavy atom. The van der Waals surface area contributed by atoms with E-state index in [0.717, 1.165) is 31.6 Å². The Morgan fingerprint density at radius 1 is 1.28 bits per heavy atom. The van der Waals surface area contributed by atoms with Gasteiger partial charge in [0.2, 0.25) is 0 Å². The van der Waals surface area contributed by atoms with Gasteiger partial charge in [-0.2, -0.15) is 0 Å². The first kappa shape index (κ1) is 14.9. The average Bonchev–Trinajstić information content (AvgIpc) is 2.32. The molecule has 3 nitrogen and oxygen atoms in total. The lowest BCUT2D eigenvalue weighted by Gasteiger charge is -2.11. The van der Waals surface area contributed by atoms with Crippen molar-refractivity contribution in [3.8, 4) is 5.75 Å². The summed E-state index contributed by atoms with van der Waals surface area (Å²) in [4.78, 5) is 2.16. The zero-order valence-electron chi connectivity index (χ0n) is 11.5. The van der Waals surface area contributed by atoms with Crippen molar-refractivity contribution in [2.45, 2.75) is 13.3 Å². The molecule has 102 valence electrons. The fraction of sp³-hybridized carbons (Fsp3) is 0.571. The van der Waals surface area contributed by atoms with Crippen LogP contribution in [0.1, 0.15) is 12.0 Å². The molecule has 4 heteroatoms. The first-order valence-corrected chi connectivity index (χ1v) is 6.34. The summed E-state index contributed by atoms with van der Waals surface area (Å²) >= 11 is 0. The predicted octanol–water partition coefficient (Wildman–Crippen LogP) is 2.05. The number of hydrogen-bond acceptors (Lipinski definition) is 3. The maximum atomic E-state index is 13.0. The van der Waals surface area contributed by atoms with Crippen molar-refractivity contribution in [2.75, 3.05) is 40.3 Å². The van der Waals surface area contributed by atoms with Crippen LogP contribution in [-0.4, -0.2) is 45.2 Å². The Morgan fingerprint density at radius 3 is 2.78 bits per heavy atom. The second-order valence-electron chi connectivity index (χ2n) is 4.67. The van der Waals surface area contributed by atoms with E-state index in [1.54, 1.807) is 6.07 Å². The van der Waals surface area contributed by atoms with Crippen LogP contribution >= 0.6 is 0 Å². The van der Waals surface area contributed by atoms with Crippen LogP contribution in [0, 0.1) is 12.7 Å². The Bertz CT molecular complexity index is 356. The fourth-order valence-electron chi connectivity index (χ4n) is 1.61. The second kappa shape index (κ2) is 8.06. The van der Waals surface area contributed by atoms with Gasteiger partial charge in [-0.3, -0.25) is 0 Å². The molecule has 0 atom stereocenters. The maximum absolute atomic E-state index is 13.0. The highest BCUT2D eigenvalue weighted by molar-refractivity contribution is 5.32. The van der Waals surface area contributed by atoms with Gasteiger partial charge in [-0.25, -0.2) is 4.39 Å². The Balaban J connectivity index is 2.12. The monoisotopic (exact) mass is 254 g/mol. The molecule has 0 aliphatic heterocycles. The van der Waals surface area contributed by atoms with E-state index in [4.69, 9.17) is 4.74 Å². The molecule has 18 heavy (non-hydrogen) atoms. The molecule has 1 rings (SSSR count). The lowest BCUT2D eigenvalue weighted by molar-refractivity contribution is 0.308. The molecule has 0 saturated carbocycles. The van der Waals surface area contributed by atoms with Crippen molar-refractivity contribution in [1.82, 2.24) is 10.2 Å². The molecule has 0 unspecified atom stereocenters. The molecule has 0 aromatic heterocycles. The number of hydrogen-bond donors (Lipinski definition) is 1. The molecule has 0 aliphatic rings. The molecular formula is C14H23FN2O. The highest BCUT2D eigenvalue weighted by Crippen LogP contribution is 2.18. The van der Waals surface area contributed by atoms with Crippen LogP contribution in [0.4, 0.5) is 4.39 Å². The van der Waals surface area contributed by atoms with Gasteiger partial charge in [0.05, 0.1) is 0 Å². The molecule has 0 spiro atoms. The Kier molecular flexibility index (Phi) is 6.68. The van der Waals surface area contributed by atoms with Crippen molar-refractivity contribution in [2.24, 2.45) is 0 Å². The number of aryl methyl sites for hydroxylation is 1. The molecule has 0 heterocycles. The molecule has 0 radical (unpaired) electrons. The van der Waals surface area contributed by atoms with Gasteiger partial charge >= 0.3 is 0 Å². The van der Waals surface area contributed by atoms with Crippen LogP contribution in [0.5, 0.6) is 5.75 Å². The van der Waals surface area contributed by atoms with E-state index in [9.17, 15) is 4.39 Å². The lowest BCUT2D eigenvalue weighted by atomic mass is 10.2. The molecule has 0 aliphatic carbocycles.